The molecule has 2 N–H and O–H groups in total. The predicted molar refractivity (Wildman–Crippen MR) is 178 cm³/mol. The highest BCUT2D eigenvalue weighted by Gasteiger charge is 2.31. The fourth-order valence-electron chi connectivity index (χ4n) is 4.95. The number of rotatable bonds is 11. The molecule has 3 aromatic carbocycles. The van der Waals surface area contributed by atoms with E-state index in [1.54, 1.807) is 19.3 Å². The van der Waals surface area contributed by atoms with E-state index >= 15 is 0 Å². The fraction of sp³-hybridized carbons (Fsp3) is 0.235. The summed E-state index contributed by atoms with van der Waals surface area (Å²) < 4.78 is 46.6. The molecular formula is C34H32ClF3N6O3. The van der Waals surface area contributed by atoms with Gasteiger partial charge in [-0.2, -0.15) is 18.2 Å². The number of aromatic nitrogens is 3. The lowest BCUT2D eigenvalue weighted by Crippen LogP contribution is -2.27. The highest BCUT2D eigenvalue weighted by atomic mass is 35.5. The van der Waals surface area contributed by atoms with Crippen LogP contribution in [0.4, 0.5) is 30.5 Å². The van der Waals surface area contributed by atoms with Crippen molar-refractivity contribution in [2.24, 2.45) is 7.05 Å². The molecule has 0 atom stereocenters. The third-order valence-electron chi connectivity index (χ3n) is 7.60. The summed E-state index contributed by atoms with van der Waals surface area (Å²) in [7, 11) is 1.57. The third-order valence-corrected chi connectivity index (χ3v) is 7.93. The highest BCUT2D eigenvalue weighted by molar-refractivity contribution is 6.33. The summed E-state index contributed by atoms with van der Waals surface area (Å²) >= 11 is 6.47. The Morgan fingerprint density at radius 1 is 0.979 bits per heavy atom. The number of carbonyl (C=O) groups excluding carboxylic acids is 1. The molecule has 13 heteroatoms. The minimum Gasteiger partial charge on any atom is -0.492 e. The number of hydrogen-bond donors (Lipinski definition) is 2. The van der Waals surface area contributed by atoms with E-state index in [4.69, 9.17) is 16.3 Å². The summed E-state index contributed by atoms with van der Waals surface area (Å²) in [6.45, 7) is 7.60. The maximum atomic E-state index is 13.5. The molecule has 0 bridgehead atoms. The molecule has 5 rings (SSSR count). The van der Waals surface area contributed by atoms with E-state index in [1.165, 1.54) is 28.8 Å². The van der Waals surface area contributed by atoms with Crippen molar-refractivity contribution in [3.8, 4) is 16.9 Å². The quantitative estimate of drug-likeness (QED) is 0.152. The molecule has 5 aromatic rings. The molecule has 47 heavy (non-hydrogen) atoms. The zero-order valence-corrected chi connectivity index (χ0v) is 26.6. The second-order valence-corrected chi connectivity index (χ2v) is 11.1. The van der Waals surface area contributed by atoms with Crippen molar-refractivity contribution in [1.82, 2.24) is 19.4 Å². The van der Waals surface area contributed by atoms with Gasteiger partial charge in [-0.1, -0.05) is 31.5 Å². The van der Waals surface area contributed by atoms with Gasteiger partial charge in [0.05, 0.1) is 5.56 Å². The first kappa shape index (κ1) is 33.4. The SMILES string of the molecule is CCN(CC)CCOc1ccc(Nc2ncc3cc(-c4cc(NC(=O)c5cccc(C(F)(F)F)c5)ccc4Cl)c(=O)n(C)c3n2)cc1. The van der Waals surface area contributed by atoms with Crippen LogP contribution in [0.2, 0.25) is 5.02 Å². The number of pyridine rings is 1. The molecule has 0 aliphatic rings. The van der Waals surface area contributed by atoms with Gasteiger partial charge in [0.25, 0.3) is 11.5 Å². The molecule has 0 aliphatic carbocycles. The van der Waals surface area contributed by atoms with Gasteiger partial charge in [0.15, 0.2) is 0 Å². The van der Waals surface area contributed by atoms with E-state index in [1.807, 2.05) is 24.3 Å². The van der Waals surface area contributed by atoms with Gasteiger partial charge in [0.2, 0.25) is 5.95 Å². The van der Waals surface area contributed by atoms with Crippen LogP contribution in [-0.4, -0.2) is 51.6 Å². The average Bonchev–Trinajstić information content (AvgIpc) is 3.06. The van der Waals surface area contributed by atoms with Crippen LogP contribution in [-0.2, 0) is 13.2 Å². The summed E-state index contributed by atoms with van der Waals surface area (Å²) in [4.78, 5) is 37.5. The molecule has 2 aromatic heterocycles. The van der Waals surface area contributed by atoms with E-state index in [0.29, 0.717) is 23.2 Å². The van der Waals surface area contributed by atoms with Crippen LogP contribution in [0.3, 0.4) is 0 Å². The Morgan fingerprint density at radius 2 is 1.70 bits per heavy atom. The topological polar surface area (TPSA) is 101 Å². The van der Waals surface area contributed by atoms with Gasteiger partial charge in [0.1, 0.15) is 18.0 Å². The van der Waals surface area contributed by atoms with Crippen LogP contribution in [0.1, 0.15) is 29.8 Å². The number of anilines is 3. The number of fused-ring (bicyclic) bond motifs is 1. The monoisotopic (exact) mass is 664 g/mol. The van der Waals surface area contributed by atoms with Crippen molar-refractivity contribution in [2.45, 2.75) is 20.0 Å². The molecule has 0 saturated carbocycles. The van der Waals surface area contributed by atoms with Gasteiger partial charge >= 0.3 is 6.18 Å². The molecule has 2 heterocycles. The fourth-order valence-corrected chi connectivity index (χ4v) is 5.16. The van der Waals surface area contributed by atoms with Crippen LogP contribution in [0.25, 0.3) is 22.2 Å². The number of benzene rings is 3. The van der Waals surface area contributed by atoms with Gasteiger partial charge in [-0.05, 0) is 79.8 Å². The largest absolute Gasteiger partial charge is 0.492 e. The Labute approximate surface area is 274 Å². The molecule has 0 spiro atoms. The van der Waals surface area contributed by atoms with Crippen LogP contribution in [0.5, 0.6) is 5.75 Å². The van der Waals surface area contributed by atoms with Crippen molar-refractivity contribution < 1.29 is 22.7 Å². The second-order valence-electron chi connectivity index (χ2n) is 10.6. The zero-order valence-electron chi connectivity index (χ0n) is 25.9. The number of carbonyl (C=O) groups is 1. The first-order chi connectivity index (χ1) is 22.5. The number of ether oxygens (including phenoxy) is 1. The molecule has 0 radical (unpaired) electrons. The Hall–Kier alpha value is -4.94. The maximum Gasteiger partial charge on any atom is 0.416 e. The Kier molecular flexibility index (Phi) is 10.1. The Morgan fingerprint density at radius 3 is 2.40 bits per heavy atom. The lowest BCUT2D eigenvalue weighted by atomic mass is 10.0. The molecule has 0 saturated heterocycles. The van der Waals surface area contributed by atoms with E-state index in [0.717, 1.165) is 49.3 Å². The first-order valence-electron chi connectivity index (χ1n) is 14.8. The summed E-state index contributed by atoms with van der Waals surface area (Å²) in [5, 5.41) is 6.51. The van der Waals surface area contributed by atoms with E-state index < -0.39 is 23.2 Å². The molecular weight excluding hydrogens is 633 g/mol. The first-order valence-corrected chi connectivity index (χ1v) is 15.2. The molecule has 1 amide bonds. The van der Waals surface area contributed by atoms with Crippen LogP contribution in [0, 0.1) is 0 Å². The second kappa shape index (κ2) is 14.2. The number of alkyl halides is 3. The third kappa shape index (κ3) is 7.90. The molecule has 244 valence electrons. The molecule has 0 fully saturated rings. The number of amides is 1. The maximum absolute atomic E-state index is 13.5. The van der Waals surface area contributed by atoms with Crippen LogP contribution in [0.15, 0.2) is 83.8 Å². The minimum absolute atomic E-state index is 0.172. The van der Waals surface area contributed by atoms with Gasteiger partial charge in [-0.3, -0.25) is 14.2 Å². The van der Waals surface area contributed by atoms with Crippen molar-refractivity contribution in [1.29, 1.82) is 0 Å². The molecule has 0 aliphatic heterocycles. The summed E-state index contributed by atoms with van der Waals surface area (Å²) in [5.41, 5.74) is 0.372. The lowest BCUT2D eigenvalue weighted by molar-refractivity contribution is -0.137. The summed E-state index contributed by atoms with van der Waals surface area (Å²) in [6.07, 6.45) is -3.02. The van der Waals surface area contributed by atoms with Crippen LogP contribution < -0.4 is 20.9 Å². The van der Waals surface area contributed by atoms with Gasteiger partial charge in [0, 0.05) is 58.3 Å². The summed E-state index contributed by atoms with van der Waals surface area (Å²) in [6, 6.07) is 17.6. The van der Waals surface area contributed by atoms with Crippen molar-refractivity contribution in [2.75, 3.05) is 36.9 Å². The normalized spacial score (nSPS) is 11.6. The number of nitrogens with zero attached hydrogens (tertiary/aromatic N) is 4. The van der Waals surface area contributed by atoms with E-state index in [2.05, 4.69) is 39.3 Å². The lowest BCUT2D eigenvalue weighted by Gasteiger charge is -2.18. The average molecular weight is 665 g/mol. The summed E-state index contributed by atoms with van der Waals surface area (Å²) in [5.74, 6) is 0.282. The Balaban J connectivity index is 1.34. The standard InChI is InChI=1S/C34H32ClF3N6O3/c1-4-44(5-2)15-16-47-26-12-9-24(10-13-26)41-33-39-20-22-18-28(32(46)43(3)30(22)42-33)27-19-25(11-14-29(27)35)40-31(45)21-7-6-8-23(17-21)34(36,37)38/h6-14,17-20H,4-5,15-16H2,1-3H3,(H,40,45)(H,39,41,42). The number of nitrogens with one attached hydrogen (secondary N) is 2. The number of aryl methyl sites for hydroxylation is 1. The van der Waals surface area contributed by atoms with Crippen LogP contribution >= 0.6 is 11.6 Å². The zero-order chi connectivity index (χ0) is 33.7. The Bertz CT molecular complexity index is 1960. The highest BCUT2D eigenvalue weighted by Crippen LogP contribution is 2.32. The minimum atomic E-state index is -4.59. The van der Waals surface area contributed by atoms with Gasteiger partial charge in [-0.15, -0.1) is 0 Å². The van der Waals surface area contributed by atoms with Crippen molar-refractivity contribution in [3.63, 3.8) is 0 Å². The van der Waals surface area contributed by atoms with Crippen molar-refractivity contribution >= 4 is 45.9 Å². The smallest absolute Gasteiger partial charge is 0.416 e. The van der Waals surface area contributed by atoms with E-state index in [-0.39, 0.29) is 27.8 Å². The predicted octanol–water partition coefficient (Wildman–Crippen LogP) is 7.38. The van der Waals surface area contributed by atoms with Gasteiger partial charge in [-0.25, -0.2) is 4.98 Å². The molecule has 0 unspecified atom stereocenters. The number of halogens is 4. The van der Waals surface area contributed by atoms with Gasteiger partial charge < -0.3 is 20.3 Å². The molecule has 9 nitrogen and oxygen atoms in total. The van der Waals surface area contributed by atoms with E-state index in [9.17, 15) is 22.8 Å². The van der Waals surface area contributed by atoms with Crippen molar-refractivity contribution in [3.05, 3.63) is 105 Å². The number of hydrogen-bond acceptors (Lipinski definition) is 7. The number of likely N-dealkylation sites (N-methyl/N-ethyl adjacent to an activating group) is 1.